The SMILES string of the molecule is CC(NCC(=O)N1CCCCC1)c1cc(F)ccc1F. The highest BCUT2D eigenvalue weighted by Crippen LogP contribution is 2.18. The first kappa shape index (κ1) is 14.9. The van der Waals surface area contributed by atoms with Gasteiger partial charge in [0, 0.05) is 24.7 Å². The number of likely N-dealkylation sites (tertiary alicyclic amines) is 1. The Kier molecular flexibility index (Phi) is 5.06. The Bertz CT molecular complexity index is 473. The number of amides is 1. The number of carbonyl (C=O) groups excluding carboxylic acids is 1. The minimum atomic E-state index is -0.475. The highest BCUT2D eigenvalue weighted by molar-refractivity contribution is 5.78. The average molecular weight is 282 g/mol. The molecule has 0 bridgehead atoms. The topological polar surface area (TPSA) is 32.3 Å². The molecule has 1 saturated heterocycles. The van der Waals surface area contributed by atoms with Crippen molar-refractivity contribution in [3.63, 3.8) is 0 Å². The van der Waals surface area contributed by atoms with E-state index in [1.807, 2.05) is 4.90 Å². The quantitative estimate of drug-likeness (QED) is 0.920. The summed E-state index contributed by atoms with van der Waals surface area (Å²) in [5, 5.41) is 2.97. The smallest absolute Gasteiger partial charge is 0.236 e. The summed E-state index contributed by atoms with van der Waals surface area (Å²) in [6.07, 6.45) is 3.25. The zero-order valence-electron chi connectivity index (χ0n) is 11.7. The van der Waals surface area contributed by atoms with Crippen LogP contribution in [-0.4, -0.2) is 30.4 Å². The maximum atomic E-state index is 13.6. The highest BCUT2D eigenvalue weighted by atomic mass is 19.1. The second-order valence-electron chi connectivity index (χ2n) is 5.21. The van der Waals surface area contributed by atoms with E-state index in [0.29, 0.717) is 0 Å². The normalized spacial score (nSPS) is 17.1. The molecule has 20 heavy (non-hydrogen) atoms. The molecule has 0 radical (unpaired) electrons. The van der Waals surface area contributed by atoms with Crippen LogP contribution < -0.4 is 5.32 Å². The molecule has 2 rings (SSSR count). The van der Waals surface area contributed by atoms with Gasteiger partial charge in [-0.25, -0.2) is 8.78 Å². The lowest BCUT2D eigenvalue weighted by Crippen LogP contribution is -2.41. The van der Waals surface area contributed by atoms with Crippen LogP contribution in [0.5, 0.6) is 0 Å². The van der Waals surface area contributed by atoms with E-state index >= 15 is 0 Å². The number of benzene rings is 1. The van der Waals surface area contributed by atoms with Crippen LogP contribution in [0.25, 0.3) is 0 Å². The summed E-state index contributed by atoms with van der Waals surface area (Å²) in [7, 11) is 0. The van der Waals surface area contributed by atoms with Gasteiger partial charge in [-0.2, -0.15) is 0 Å². The second kappa shape index (κ2) is 6.79. The van der Waals surface area contributed by atoms with Crippen LogP contribution in [0.1, 0.15) is 37.8 Å². The molecule has 1 fully saturated rings. The molecule has 0 aromatic heterocycles. The Morgan fingerprint density at radius 2 is 2.00 bits per heavy atom. The van der Waals surface area contributed by atoms with Crippen molar-refractivity contribution in [1.29, 1.82) is 0 Å². The summed E-state index contributed by atoms with van der Waals surface area (Å²) in [4.78, 5) is 13.8. The maximum Gasteiger partial charge on any atom is 0.236 e. The van der Waals surface area contributed by atoms with Gasteiger partial charge in [0.15, 0.2) is 0 Å². The van der Waals surface area contributed by atoms with Crippen LogP contribution in [0, 0.1) is 11.6 Å². The van der Waals surface area contributed by atoms with Gasteiger partial charge in [0.2, 0.25) is 5.91 Å². The summed E-state index contributed by atoms with van der Waals surface area (Å²) < 4.78 is 26.7. The molecule has 110 valence electrons. The second-order valence-corrected chi connectivity index (χ2v) is 5.21. The maximum absolute atomic E-state index is 13.6. The largest absolute Gasteiger partial charge is 0.342 e. The van der Waals surface area contributed by atoms with E-state index in [-0.39, 0.29) is 18.0 Å². The predicted molar refractivity (Wildman–Crippen MR) is 73.2 cm³/mol. The first-order chi connectivity index (χ1) is 9.58. The summed E-state index contributed by atoms with van der Waals surface area (Å²) in [6.45, 7) is 3.46. The molecule has 1 aromatic carbocycles. The van der Waals surface area contributed by atoms with Gasteiger partial charge < -0.3 is 10.2 Å². The van der Waals surface area contributed by atoms with Gasteiger partial charge in [-0.3, -0.25) is 4.79 Å². The lowest BCUT2D eigenvalue weighted by molar-refractivity contribution is -0.131. The van der Waals surface area contributed by atoms with E-state index in [1.54, 1.807) is 6.92 Å². The van der Waals surface area contributed by atoms with Gasteiger partial charge in [0.1, 0.15) is 11.6 Å². The van der Waals surface area contributed by atoms with Crippen molar-refractivity contribution >= 4 is 5.91 Å². The molecule has 0 aliphatic carbocycles. The number of piperidine rings is 1. The molecule has 1 aliphatic heterocycles. The van der Waals surface area contributed by atoms with Crippen LogP contribution in [0.15, 0.2) is 18.2 Å². The summed E-state index contributed by atoms with van der Waals surface area (Å²) in [6, 6.07) is 2.96. The summed E-state index contributed by atoms with van der Waals surface area (Å²) >= 11 is 0. The molecule has 1 heterocycles. The molecule has 1 amide bonds. The monoisotopic (exact) mass is 282 g/mol. The molecule has 1 unspecified atom stereocenters. The summed E-state index contributed by atoms with van der Waals surface area (Å²) in [5.74, 6) is -0.914. The third kappa shape index (κ3) is 3.76. The Labute approximate surface area is 118 Å². The third-order valence-corrected chi connectivity index (χ3v) is 3.69. The first-order valence-corrected chi connectivity index (χ1v) is 7.04. The van der Waals surface area contributed by atoms with E-state index in [9.17, 15) is 13.6 Å². The van der Waals surface area contributed by atoms with Crippen molar-refractivity contribution in [3.8, 4) is 0 Å². The molecule has 1 aromatic rings. The van der Waals surface area contributed by atoms with Crippen molar-refractivity contribution in [2.45, 2.75) is 32.2 Å². The van der Waals surface area contributed by atoms with Gasteiger partial charge >= 0.3 is 0 Å². The first-order valence-electron chi connectivity index (χ1n) is 7.04. The van der Waals surface area contributed by atoms with Gasteiger partial charge in [0.25, 0.3) is 0 Å². The molecule has 1 N–H and O–H groups in total. The molecule has 3 nitrogen and oxygen atoms in total. The van der Waals surface area contributed by atoms with E-state index in [0.717, 1.165) is 38.1 Å². The Balaban J connectivity index is 1.89. The summed E-state index contributed by atoms with van der Waals surface area (Å²) in [5.41, 5.74) is 0.247. The fraction of sp³-hybridized carbons (Fsp3) is 0.533. The number of halogens is 2. The number of nitrogens with one attached hydrogen (secondary N) is 1. The fourth-order valence-corrected chi connectivity index (χ4v) is 2.45. The number of rotatable bonds is 4. The third-order valence-electron chi connectivity index (χ3n) is 3.69. The average Bonchev–Trinajstić information content (AvgIpc) is 2.47. The van der Waals surface area contributed by atoms with Crippen LogP contribution in [0.2, 0.25) is 0 Å². The molecule has 0 spiro atoms. The van der Waals surface area contributed by atoms with Crippen molar-refractivity contribution in [3.05, 3.63) is 35.4 Å². The highest BCUT2D eigenvalue weighted by Gasteiger charge is 2.18. The van der Waals surface area contributed by atoms with Gasteiger partial charge in [-0.05, 0) is 44.4 Å². The lowest BCUT2D eigenvalue weighted by Gasteiger charge is -2.27. The molecular weight excluding hydrogens is 262 g/mol. The molecule has 1 atom stereocenters. The van der Waals surface area contributed by atoms with Crippen LogP contribution >= 0.6 is 0 Å². The zero-order chi connectivity index (χ0) is 14.5. The standard InChI is InChI=1S/C15H20F2N2O/c1-11(13-9-12(16)5-6-14(13)17)18-10-15(20)19-7-3-2-4-8-19/h5-6,9,11,18H,2-4,7-8,10H2,1H3. The van der Waals surface area contributed by atoms with Gasteiger partial charge in [-0.1, -0.05) is 0 Å². The predicted octanol–water partition coefficient (Wildman–Crippen LogP) is 2.63. The van der Waals surface area contributed by atoms with E-state index in [2.05, 4.69) is 5.32 Å². The van der Waals surface area contributed by atoms with Gasteiger partial charge in [0.05, 0.1) is 6.54 Å². The van der Waals surface area contributed by atoms with Crippen molar-refractivity contribution < 1.29 is 13.6 Å². The molecule has 5 heteroatoms. The van der Waals surface area contributed by atoms with E-state index in [1.165, 1.54) is 12.5 Å². The minimum Gasteiger partial charge on any atom is -0.342 e. The molecular formula is C15H20F2N2O. The zero-order valence-corrected chi connectivity index (χ0v) is 11.7. The number of hydrogen-bond donors (Lipinski definition) is 1. The number of carbonyl (C=O) groups is 1. The minimum absolute atomic E-state index is 0.0216. The van der Waals surface area contributed by atoms with Crippen molar-refractivity contribution in [2.75, 3.05) is 19.6 Å². The fourth-order valence-electron chi connectivity index (χ4n) is 2.45. The number of hydrogen-bond acceptors (Lipinski definition) is 2. The van der Waals surface area contributed by atoms with Crippen molar-refractivity contribution in [1.82, 2.24) is 10.2 Å². The van der Waals surface area contributed by atoms with Crippen LogP contribution in [-0.2, 0) is 4.79 Å². The number of nitrogens with zero attached hydrogens (tertiary/aromatic N) is 1. The van der Waals surface area contributed by atoms with E-state index < -0.39 is 17.7 Å². The van der Waals surface area contributed by atoms with Gasteiger partial charge in [-0.15, -0.1) is 0 Å². The Morgan fingerprint density at radius 3 is 2.70 bits per heavy atom. The Hall–Kier alpha value is -1.49. The van der Waals surface area contributed by atoms with Crippen LogP contribution in [0.4, 0.5) is 8.78 Å². The Morgan fingerprint density at radius 1 is 1.30 bits per heavy atom. The van der Waals surface area contributed by atoms with Crippen molar-refractivity contribution in [2.24, 2.45) is 0 Å². The molecule has 0 saturated carbocycles. The molecule has 1 aliphatic rings. The lowest BCUT2D eigenvalue weighted by atomic mass is 10.1. The van der Waals surface area contributed by atoms with E-state index in [4.69, 9.17) is 0 Å². The van der Waals surface area contributed by atoms with Crippen LogP contribution in [0.3, 0.4) is 0 Å².